The van der Waals surface area contributed by atoms with Crippen molar-refractivity contribution in [2.75, 3.05) is 26.9 Å². The van der Waals surface area contributed by atoms with Crippen molar-refractivity contribution >= 4 is 15.9 Å². The van der Waals surface area contributed by atoms with E-state index in [1.165, 1.54) is 0 Å². The van der Waals surface area contributed by atoms with Crippen molar-refractivity contribution in [3.63, 3.8) is 0 Å². The highest BCUT2D eigenvalue weighted by molar-refractivity contribution is 9.10. The van der Waals surface area contributed by atoms with Crippen LogP contribution in [0.4, 0.5) is 0 Å². The summed E-state index contributed by atoms with van der Waals surface area (Å²) in [4.78, 5) is 0. The lowest BCUT2D eigenvalue weighted by Crippen LogP contribution is -2.37. The molecular weight excluding hydrogens is 298 g/mol. The summed E-state index contributed by atoms with van der Waals surface area (Å²) in [6, 6.07) is 5.59. The molecule has 2 atom stereocenters. The fraction of sp³-hybridized carbons (Fsp3) is 0.538. The molecule has 1 aliphatic rings. The molecular formula is C13H18BrNO3. The van der Waals surface area contributed by atoms with Gasteiger partial charge in [-0.3, -0.25) is 0 Å². The van der Waals surface area contributed by atoms with Gasteiger partial charge in [-0.2, -0.15) is 0 Å². The van der Waals surface area contributed by atoms with Crippen LogP contribution in [0.25, 0.3) is 0 Å². The zero-order valence-electron chi connectivity index (χ0n) is 10.4. The summed E-state index contributed by atoms with van der Waals surface area (Å²) >= 11 is 3.41. The Morgan fingerprint density at radius 3 is 2.94 bits per heavy atom. The van der Waals surface area contributed by atoms with Crippen LogP contribution in [0.3, 0.4) is 0 Å². The molecule has 100 valence electrons. The van der Waals surface area contributed by atoms with Gasteiger partial charge in [-0.1, -0.05) is 15.9 Å². The van der Waals surface area contributed by atoms with Gasteiger partial charge in [0.15, 0.2) is 0 Å². The smallest absolute Gasteiger partial charge is 0.124 e. The molecule has 1 heterocycles. The van der Waals surface area contributed by atoms with Crippen LogP contribution >= 0.6 is 15.9 Å². The maximum Gasteiger partial charge on any atom is 0.124 e. The summed E-state index contributed by atoms with van der Waals surface area (Å²) in [5, 5.41) is 10.6. The van der Waals surface area contributed by atoms with Crippen LogP contribution in [-0.2, 0) is 4.74 Å². The molecule has 1 aromatic rings. The Kier molecular flexibility index (Phi) is 4.27. The average Bonchev–Trinajstić information content (AvgIpc) is 2.87. The molecule has 2 rings (SSSR count). The van der Waals surface area contributed by atoms with Gasteiger partial charge in [0.05, 0.1) is 19.8 Å². The molecule has 1 aliphatic heterocycles. The lowest BCUT2D eigenvalue weighted by atomic mass is 9.78. The molecule has 0 radical (unpaired) electrons. The molecule has 0 bridgehead atoms. The molecule has 2 unspecified atom stereocenters. The number of aliphatic hydroxyl groups is 1. The molecule has 1 saturated heterocycles. The molecule has 1 fully saturated rings. The third-order valence-corrected chi connectivity index (χ3v) is 4.10. The Hall–Kier alpha value is -0.620. The first-order valence-electron chi connectivity index (χ1n) is 5.92. The SMILES string of the molecule is COc1ccc(Br)cc1C(O)C1(CN)CCOC1. The van der Waals surface area contributed by atoms with Gasteiger partial charge in [-0.15, -0.1) is 0 Å². The van der Waals surface area contributed by atoms with Crippen molar-refractivity contribution in [3.05, 3.63) is 28.2 Å². The highest BCUT2D eigenvalue weighted by atomic mass is 79.9. The Morgan fingerprint density at radius 1 is 1.61 bits per heavy atom. The van der Waals surface area contributed by atoms with Crippen LogP contribution in [-0.4, -0.2) is 32.0 Å². The summed E-state index contributed by atoms with van der Waals surface area (Å²) in [5.41, 5.74) is 6.19. The van der Waals surface area contributed by atoms with E-state index in [1.54, 1.807) is 7.11 Å². The highest BCUT2D eigenvalue weighted by Crippen LogP contribution is 2.43. The quantitative estimate of drug-likeness (QED) is 0.890. The number of nitrogens with two attached hydrogens (primary N) is 1. The topological polar surface area (TPSA) is 64.7 Å². The first-order valence-corrected chi connectivity index (χ1v) is 6.71. The Labute approximate surface area is 115 Å². The van der Waals surface area contributed by atoms with Gasteiger partial charge in [0, 0.05) is 28.6 Å². The largest absolute Gasteiger partial charge is 0.496 e. The maximum atomic E-state index is 10.6. The van der Waals surface area contributed by atoms with Crippen LogP contribution < -0.4 is 10.5 Å². The predicted octanol–water partition coefficient (Wildman–Crippen LogP) is 1.86. The van der Waals surface area contributed by atoms with Gasteiger partial charge in [0.25, 0.3) is 0 Å². The minimum atomic E-state index is -0.683. The number of rotatable bonds is 4. The zero-order chi connectivity index (χ0) is 13.2. The molecule has 0 spiro atoms. The monoisotopic (exact) mass is 315 g/mol. The van der Waals surface area contributed by atoms with E-state index in [2.05, 4.69) is 15.9 Å². The number of hydrogen-bond donors (Lipinski definition) is 2. The van der Waals surface area contributed by atoms with E-state index in [1.807, 2.05) is 18.2 Å². The van der Waals surface area contributed by atoms with Crippen LogP contribution in [0, 0.1) is 5.41 Å². The van der Waals surface area contributed by atoms with Crippen LogP contribution in [0.2, 0.25) is 0 Å². The molecule has 18 heavy (non-hydrogen) atoms. The normalized spacial score (nSPS) is 25.1. The number of ether oxygens (including phenoxy) is 2. The fourth-order valence-electron chi connectivity index (χ4n) is 2.36. The first kappa shape index (κ1) is 13.8. The maximum absolute atomic E-state index is 10.6. The van der Waals surface area contributed by atoms with Gasteiger partial charge in [-0.05, 0) is 24.6 Å². The lowest BCUT2D eigenvalue weighted by Gasteiger charge is -2.32. The molecule has 3 N–H and O–H groups in total. The minimum absolute atomic E-state index is 0.393. The van der Waals surface area contributed by atoms with Crippen molar-refractivity contribution in [2.24, 2.45) is 11.1 Å². The van der Waals surface area contributed by atoms with Gasteiger partial charge < -0.3 is 20.3 Å². The summed E-state index contributed by atoms with van der Waals surface area (Å²) in [6.45, 7) is 1.52. The number of aliphatic hydroxyl groups excluding tert-OH is 1. The van der Waals surface area contributed by atoms with E-state index < -0.39 is 11.5 Å². The van der Waals surface area contributed by atoms with Crippen molar-refractivity contribution in [3.8, 4) is 5.75 Å². The van der Waals surface area contributed by atoms with Crippen LogP contribution in [0.15, 0.2) is 22.7 Å². The Bertz CT molecular complexity index is 419. The number of benzene rings is 1. The highest BCUT2D eigenvalue weighted by Gasteiger charge is 2.42. The number of halogens is 1. The molecule has 4 nitrogen and oxygen atoms in total. The molecule has 1 aromatic carbocycles. The summed E-state index contributed by atoms with van der Waals surface area (Å²) < 4.78 is 11.6. The third-order valence-electron chi connectivity index (χ3n) is 3.61. The summed E-state index contributed by atoms with van der Waals surface area (Å²) in [7, 11) is 1.60. The second kappa shape index (κ2) is 5.57. The van der Waals surface area contributed by atoms with E-state index in [9.17, 15) is 5.11 Å². The fourth-order valence-corrected chi connectivity index (χ4v) is 2.74. The zero-order valence-corrected chi connectivity index (χ0v) is 11.9. The average molecular weight is 316 g/mol. The molecule has 5 heteroatoms. The van der Waals surface area contributed by atoms with E-state index in [0.29, 0.717) is 25.5 Å². The van der Waals surface area contributed by atoms with Crippen LogP contribution in [0.1, 0.15) is 18.1 Å². The minimum Gasteiger partial charge on any atom is -0.496 e. The Morgan fingerprint density at radius 2 is 2.39 bits per heavy atom. The molecule has 0 saturated carbocycles. The second-order valence-electron chi connectivity index (χ2n) is 4.66. The van der Waals surface area contributed by atoms with Gasteiger partial charge in [-0.25, -0.2) is 0 Å². The molecule has 0 amide bonds. The Balaban J connectivity index is 2.37. The van der Waals surface area contributed by atoms with Crippen LogP contribution in [0.5, 0.6) is 5.75 Å². The van der Waals surface area contributed by atoms with Gasteiger partial charge in [0.1, 0.15) is 5.75 Å². The number of methoxy groups -OCH3 is 1. The van der Waals surface area contributed by atoms with E-state index in [0.717, 1.165) is 16.5 Å². The predicted molar refractivity (Wildman–Crippen MR) is 72.6 cm³/mol. The summed E-state index contributed by atoms with van der Waals surface area (Å²) in [6.07, 6.45) is 0.0813. The lowest BCUT2D eigenvalue weighted by molar-refractivity contribution is 0.0175. The van der Waals surface area contributed by atoms with E-state index in [4.69, 9.17) is 15.2 Å². The number of hydrogen-bond acceptors (Lipinski definition) is 4. The molecule has 0 aliphatic carbocycles. The van der Waals surface area contributed by atoms with Crippen molar-refractivity contribution in [1.29, 1.82) is 0 Å². The third kappa shape index (κ3) is 2.40. The van der Waals surface area contributed by atoms with E-state index >= 15 is 0 Å². The summed E-state index contributed by atoms with van der Waals surface area (Å²) in [5.74, 6) is 0.672. The second-order valence-corrected chi connectivity index (χ2v) is 5.57. The van der Waals surface area contributed by atoms with Gasteiger partial charge in [0.2, 0.25) is 0 Å². The standard InChI is InChI=1S/C13H18BrNO3/c1-17-11-3-2-9(14)6-10(11)12(16)13(7-15)4-5-18-8-13/h2-3,6,12,16H,4-5,7-8,15H2,1H3. The first-order chi connectivity index (χ1) is 8.63. The van der Waals surface area contributed by atoms with Crippen molar-refractivity contribution in [1.82, 2.24) is 0 Å². The van der Waals surface area contributed by atoms with Crippen molar-refractivity contribution < 1.29 is 14.6 Å². The van der Waals surface area contributed by atoms with E-state index in [-0.39, 0.29) is 0 Å². The van der Waals surface area contributed by atoms with Gasteiger partial charge >= 0.3 is 0 Å². The van der Waals surface area contributed by atoms with Crippen molar-refractivity contribution in [2.45, 2.75) is 12.5 Å². The molecule has 0 aromatic heterocycles.